The van der Waals surface area contributed by atoms with E-state index in [1.807, 2.05) is 30.0 Å². The summed E-state index contributed by atoms with van der Waals surface area (Å²) in [6, 6.07) is 12.9. The Morgan fingerprint density at radius 3 is 2.63 bits per heavy atom. The lowest BCUT2D eigenvalue weighted by Crippen LogP contribution is -2.52. The summed E-state index contributed by atoms with van der Waals surface area (Å²) in [5.41, 5.74) is 3.37. The highest BCUT2D eigenvalue weighted by Gasteiger charge is 2.40. The average molecular weight is 864 g/mol. The molecular weight excluding hydrogens is 819 g/mol. The Morgan fingerprint density at radius 1 is 1.08 bits per heavy atom. The first-order chi connectivity index (χ1) is 27.9. The van der Waals surface area contributed by atoms with Crippen molar-refractivity contribution in [1.29, 1.82) is 0 Å². The number of imide groups is 1. The third kappa shape index (κ3) is 9.19. The second kappa shape index (κ2) is 18.6. The smallest absolute Gasteiger partial charge is 0.255 e. The van der Waals surface area contributed by atoms with Gasteiger partial charge in [0.1, 0.15) is 29.3 Å². The molecule has 0 radical (unpaired) electrons. The Hall–Kier alpha value is -5.58. The molecule has 0 aliphatic carbocycles. The standard InChI is InChI=1S/C41H43ClN8O7S.ClH/c1-4-29-41(56)48(2)31-20-44-34(46-37(31)49(29)21-25-13-15-33(42)58-25)19-23-11-12-24(18-32(23)57-3)38(53)43-17-6-5-10-35(51)45-28-9-7-8-26-27(28)22-50(40(26)55)30-14-16-36(52)47-39(30)54;/h7-9,11-13,15,18,20,29-30H,4-6,10,14,16-17,19,21-22H2,1-3H3,(H,43,53)(H,45,51)(H,47,52,54);1H/t29-,30?;/m1./s1. The van der Waals surface area contributed by atoms with Crippen molar-refractivity contribution in [2.45, 2.75) is 77.0 Å². The van der Waals surface area contributed by atoms with Crippen LogP contribution in [0, 0.1) is 0 Å². The highest BCUT2D eigenvalue weighted by Crippen LogP contribution is 2.37. The molecule has 15 nitrogen and oxygen atoms in total. The molecule has 7 rings (SSSR count). The molecule has 1 unspecified atom stereocenters. The van der Waals surface area contributed by atoms with Crippen molar-refractivity contribution in [3.05, 3.63) is 92.0 Å². The van der Waals surface area contributed by atoms with Crippen LogP contribution < -0.4 is 30.5 Å². The predicted molar refractivity (Wildman–Crippen MR) is 225 cm³/mol. The van der Waals surface area contributed by atoms with Crippen molar-refractivity contribution in [3.8, 4) is 5.75 Å². The van der Waals surface area contributed by atoms with Gasteiger partial charge in [-0.2, -0.15) is 0 Å². The molecule has 0 bridgehead atoms. The van der Waals surface area contributed by atoms with Gasteiger partial charge in [0.05, 0.1) is 24.2 Å². The number of rotatable bonds is 14. The third-order valence-corrected chi connectivity index (χ3v) is 11.9. The maximum absolute atomic E-state index is 13.3. The van der Waals surface area contributed by atoms with Gasteiger partial charge in [-0.05, 0) is 62.1 Å². The molecule has 2 atom stereocenters. The topological polar surface area (TPSA) is 183 Å². The van der Waals surface area contributed by atoms with Crippen molar-refractivity contribution in [3.63, 3.8) is 0 Å². The number of unbranched alkanes of at least 4 members (excludes halogenated alkanes) is 1. The number of nitrogens with one attached hydrogen (secondary N) is 3. The molecule has 3 aliphatic heterocycles. The van der Waals surface area contributed by atoms with Crippen LogP contribution in [0.5, 0.6) is 5.75 Å². The van der Waals surface area contributed by atoms with E-state index in [2.05, 4.69) is 20.9 Å². The summed E-state index contributed by atoms with van der Waals surface area (Å²) in [5, 5.41) is 8.10. The summed E-state index contributed by atoms with van der Waals surface area (Å²) < 4.78 is 6.35. The van der Waals surface area contributed by atoms with Crippen LogP contribution in [0.1, 0.15) is 88.0 Å². The number of hydrogen-bond donors (Lipinski definition) is 3. The van der Waals surface area contributed by atoms with Gasteiger partial charge in [0.25, 0.3) is 11.8 Å². The number of benzene rings is 2. The number of hydrogen-bond acceptors (Lipinski definition) is 11. The normalized spacial score (nSPS) is 17.3. The second-order valence-electron chi connectivity index (χ2n) is 14.3. The van der Waals surface area contributed by atoms with Gasteiger partial charge < -0.3 is 30.1 Å². The van der Waals surface area contributed by atoms with E-state index in [-0.39, 0.29) is 67.8 Å². The van der Waals surface area contributed by atoms with Crippen LogP contribution in [-0.2, 0) is 38.7 Å². The second-order valence-corrected chi connectivity index (χ2v) is 16.1. The molecule has 310 valence electrons. The maximum atomic E-state index is 13.3. The Morgan fingerprint density at radius 2 is 1.90 bits per heavy atom. The van der Waals surface area contributed by atoms with Crippen LogP contribution in [-0.4, -0.2) is 83.1 Å². The first kappa shape index (κ1) is 43.0. The number of aromatic nitrogens is 2. The molecule has 6 amide bonds. The number of carbonyl (C=O) groups is 6. The Balaban J connectivity index is 0.00000585. The lowest BCUT2D eigenvalue weighted by Gasteiger charge is -2.40. The molecular formula is C41H44Cl2N8O7S. The maximum Gasteiger partial charge on any atom is 0.255 e. The Kier molecular flexibility index (Phi) is 13.5. The van der Waals surface area contributed by atoms with Crippen LogP contribution in [0.2, 0.25) is 4.34 Å². The fourth-order valence-corrected chi connectivity index (χ4v) is 8.66. The number of piperidine rings is 1. The largest absolute Gasteiger partial charge is 0.496 e. The molecule has 18 heteroatoms. The van der Waals surface area contributed by atoms with E-state index in [0.29, 0.717) is 88.6 Å². The molecule has 3 N–H and O–H groups in total. The van der Waals surface area contributed by atoms with Crippen LogP contribution in [0.25, 0.3) is 0 Å². The molecule has 0 saturated carbocycles. The average Bonchev–Trinajstić information content (AvgIpc) is 3.78. The molecule has 3 aliphatic rings. The zero-order valence-electron chi connectivity index (χ0n) is 32.7. The number of amides is 6. The molecule has 2 aromatic carbocycles. The SMILES string of the molecule is CC[C@@H]1C(=O)N(C)c2cnc(Cc3ccc(C(=O)NCCCCC(=O)Nc4cccc5c4CN(C4CCC(=O)NC4=O)C5=O)cc3OC)nc2N1Cc1ccc(Cl)s1.Cl. The summed E-state index contributed by atoms with van der Waals surface area (Å²) in [6.45, 7) is 2.96. The van der Waals surface area contributed by atoms with E-state index < -0.39 is 18.0 Å². The number of nitrogens with zero attached hydrogens (tertiary/aromatic N) is 5. The van der Waals surface area contributed by atoms with Gasteiger partial charge in [0.2, 0.25) is 23.6 Å². The fraction of sp³-hybridized carbons (Fsp3) is 0.366. The minimum atomic E-state index is -0.744. The number of fused-ring (bicyclic) bond motifs is 2. The summed E-state index contributed by atoms with van der Waals surface area (Å²) >= 11 is 7.68. The van der Waals surface area contributed by atoms with Gasteiger partial charge in [0.15, 0.2) is 5.82 Å². The third-order valence-electron chi connectivity index (χ3n) is 10.6. The quantitative estimate of drug-likeness (QED) is 0.112. The van der Waals surface area contributed by atoms with E-state index in [4.69, 9.17) is 21.3 Å². The summed E-state index contributed by atoms with van der Waals surface area (Å²) in [6.07, 6.45) is 4.26. The fourth-order valence-electron chi connectivity index (χ4n) is 7.57. The van der Waals surface area contributed by atoms with Gasteiger partial charge in [0, 0.05) is 72.2 Å². The summed E-state index contributed by atoms with van der Waals surface area (Å²) in [7, 11) is 3.27. The first-order valence-electron chi connectivity index (χ1n) is 19.1. The molecule has 0 spiro atoms. The highest BCUT2D eigenvalue weighted by atomic mass is 35.5. The number of ether oxygens (including phenoxy) is 1. The van der Waals surface area contributed by atoms with E-state index in [0.717, 1.165) is 10.4 Å². The Labute approximate surface area is 356 Å². The lowest BCUT2D eigenvalue weighted by molar-refractivity contribution is -0.137. The van der Waals surface area contributed by atoms with Crippen LogP contribution in [0.3, 0.4) is 0 Å². The van der Waals surface area contributed by atoms with E-state index in [1.165, 1.54) is 23.3 Å². The monoisotopic (exact) mass is 862 g/mol. The van der Waals surface area contributed by atoms with E-state index in [1.54, 1.807) is 48.5 Å². The predicted octanol–water partition coefficient (Wildman–Crippen LogP) is 5.27. The number of likely N-dealkylation sites (N-methyl/N-ethyl adjacent to an activating group) is 1. The highest BCUT2D eigenvalue weighted by molar-refractivity contribution is 7.16. The molecule has 1 fully saturated rings. The van der Waals surface area contributed by atoms with Gasteiger partial charge in [-0.1, -0.05) is 30.7 Å². The Bertz CT molecular complexity index is 2300. The van der Waals surface area contributed by atoms with Crippen molar-refractivity contribution >= 4 is 88.0 Å². The molecule has 5 heterocycles. The van der Waals surface area contributed by atoms with Crippen molar-refractivity contribution < 1.29 is 33.5 Å². The number of carbonyl (C=O) groups excluding carboxylic acids is 6. The van der Waals surface area contributed by atoms with Gasteiger partial charge in [-0.3, -0.25) is 34.1 Å². The first-order valence-corrected chi connectivity index (χ1v) is 20.3. The molecule has 2 aromatic heterocycles. The van der Waals surface area contributed by atoms with E-state index in [9.17, 15) is 28.8 Å². The van der Waals surface area contributed by atoms with Crippen molar-refractivity contribution in [2.75, 3.05) is 35.8 Å². The number of halogens is 2. The number of thiophene rings is 1. The van der Waals surface area contributed by atoms with Crippen molar-refractivity contribution in [1.82, 2.24) is 25.5 Å². The van der Waals surface area contributed by atoms with Gasteiger partial charge >= 0.3 is 0 Å². The number of methoxy groups -OCH3 is 1. The zero-order valence-corrected chi connectivity index (χ0v) is 35.1. The number of anilines is 3. The van der Waals surface area contributed by atoms with Gasteiger partial charge in [-0.15, -0.1) is 23.7 Å². The minimum Gasteiger partial charge on any atom is -0.496 e. The molecule has 1 saturated heterocycles. The lowest BCUT2D eigenvalue weighted by atomic mass is 10.0. The summed E-state index contributed by atoms with van der Waals surface area (Å²) in [5.74, 6) is -0.00941. The molecule has 4 aromatic rings. The van der Waals surface area contributed by atoms with Crippen LogP contribution >= 0.6 is 35.3 Å². The van der Waals surface area contributed by atoms with E-state index >= 15 is 0 Å². The van der Waals surface area contributed by atoms with Gasteiger partial charge in [-0.25, -0.2) is 9.97 Å². The van der Waals surface area contributed by atoms with Crippen LogP contribution in [0.15, 0.2) is 54.7 Å². The summed E-state index contributed by atoms with van der Waals surface area (Å²) in [4.78, 5) is 92.0. The minimum absolute atomic E-state index is 0. The zero-order chi connectivity index (χ0) is 41.1. The van der Waals surface area contributed by atoms with Crippen LogP contribution in [0.4, 0.5) is 17.2 Å². The molecule has 59 heavy (non-hydrogen) atoms. The van der Waals surface area contributed by atoms with Crippen molar-refractivity contribution in [2.24, 2.45) is 0 Å².